The zero-order valence-electron chi connectivity index (χ0n) is 21.7. The molecule has 0 aliphatic heterocycles. The van der Waals surface area contributed by atoms with Gasteiger partial charge in [-0.05, 0) is 116 Å². The minimum absolute atomic E-state index is 0.106. The summed E-state index contributed by atoms with van der Waals surface area (Å²) in [6.45, 7) is 18.2. The molecule has 5 saturated carbocycles. The van der Waals surface area contributed by atoms with Gasteiger partial charge in [0.2, 0.25) is 0 Å². The molecule has 5 aliphatic carbocycles. The van der Waals surface area contributed by atoms with Crippen molar-refractivity contribution in [2.75, 3.05) is 0 Å². The summed E-state index contributed by atoms with van der Waals surface area (Å²) in [5, 5.41) is 10.3. The predicted octanol–water partition coefficient (Wildman–Crippen LogP) is 7.35. The van der Waals surface area contributed by atoms with E-state index in [9.17, 15) is 9.90 Å². The van der Waals surface area contributed by atoms with Crippen LogP contribution in [-0.2, 0) is 4.79 Å². The van der Waals surface area contributed by atoms with Crippen LogP contribution in [0.1, 0.15) is 112 Å². The van der Waals surface area contributed by atoms with Crippen LogP contribution in [0, 0.1) is 50.7 Å². The van der Waals surface area contributed by atoms with E-state index in [1.807, 2.05) is 6.92 Å². The largest absolute Gasteiger partial charge is 0.389 e. The van der Waals surface area contributed by atoms with Gasteiger partial charge in [0, 0.05) is 11.8 Å². The lowest BCUT2D eigenvalue weighted by molar-refractivity contribution is -0.157. The smallest absolute Gasteiger partial charge is 0.138 e. The molecule has 0 amide bonds. The number of hydrogen-bond donors (Lipinski definition) is 1. The first-order valence-electron chi connectivity index (χ1n) is 13.7. The number of rotatable bonds is 5. The zero-order chi connectivity index (χ0) is 23.3. The Morgan fingerprint density at radius 2 is 1.62 bits per heavy atom. The van der Waals surface area contributed by atoms with Crippen molar-refractivity contribution in [1.29, 1.82) is 0 Å². The average Bonchev–Trinajstić information content (AvgIpc) is 3.31. The summed E-state index contributed by atoms with van der Waals surface area (Å²) in [6, 6.07) is 0. The van der Waals surface area contributed by atoms with E-state index in [-0.39, 0.29) is 11.5 Å². The zero-order valence-corrected chi connectivity index (χ0v) is 21.7. The van der Waals surface area contributed by atoms with Gasteiger partial charge >= 0.3 is 0 Å². The molecule has 5 rings (SSSR count). The maximum atomic E-state index is 12.8. The summed E-state index contributed by atoms with van der Waals surface area (Å²) in [5.41, 5.74) is 2.68. The van der Waals surface area contributed by atoms with Crippen LogP contribution in [0.2, 0.25) is 0 Å². The molecule has 0 heterocycles. The van der Waals surface area contributed by atoms with Gasteiger partial charge in [0.05, 0.1) is 6.10 Å². The van der Waals surface area contributed by atoms with E-state index in [1.54, 1.807) is 0 Å². The predicted molar refractivity (Wildman–Crippen MR) is 131 cm³/mol. The topological polar surface area (TPSA) is 37.3 Å². The monoisotopic (exact) mass is 440 g/mol. The first-order valence-corrected chi connectivity index (χ1v) is 13.7. The van der Waals surface area contributed by atoms with Crippen LogP contribution in [0.3, 0.4) is 0 Å². The van der Waals surface area contributed by atoms with Crippen molar-refractivity contribution in [1.82, 2.24) is 0 Å². The standard InChI is InChI=1S/C30H48O2/c1-19(2)22(31)9-8-20(3)21-12-14-28(7)24-11-10-23-26(4,5)25(32)13-15-29(23)18-30(24,29)17-16-27(21,28)6/h20-24,31H,1,8-18H2,2-7H3/t20-,21-,22?,23+,24-,27-,28+,29-,30+/m1/s1. The summed E-state index contributed by atoms with van der Waals surface area (Å²) in [5.74, 6) is 3.46. The fraction of sp³-hybridized carbons (Fsp3) is 0.900. The summed E-state index contributed by atoms with van der Waals surface area (Å²) < 4.78 is 0. The van der Waals surface area contributed by atoms with E-state index in [1.165, 1.54) is 51.4 Å². The van der Waals surface area contributed by atoms with Gasteiger partial charge in [0.15, 0.2) is 0 Å². The van der Waals surface area contributed by atoms with Crippen LogP contribution in [-0.4, -0.2) is 17.0 Å². The molecule has 5 fully saturated rings. The SMILES string of the molecule is C=C(C)C(O)CC[C@@H](C)[C@H]1CC[C@@]2(C)[C@H]3CC[C@H]4C(C)(C)C(=O)CC[C@@]45C[C@@]35CC[C@]12C. The highest BCUT2D eigenvalue weighted by molar-refractivity contribution is 5.86. The lowest BCUT2D eigenvalue weighted by Gasteiger charge is -2.62. The Bertz CT molecular complexity index is 827. The fourth-order valence-electron chi connectivity index (χ4n) is 11.0. The Labute approximate surface area is 197 Å². The Balaban J connectivity index is 1.39. The Morgan fingerprint density at radius 1 is 0.969 bits per heavy atom. The molecule has 0 aromatic heterocycles. The van der Waals surface area contributed by atoms with Crippen LogP contribution in [0.25, 0.3) is 0 Å². The number of hydrogen-bond acceptors (Lipinski definition) is 2. The van der Waals surface area contributed by atoms with Crippen LogP contribution in [0.4, 0.5) is 0 Å². The first kappa shape index (κ1) is 23.1. The molecule has 180 valence electrons. The fourth-order valence-corrected chi connectivity index (χ4v) is 11.0. The molecule has 0 aromatic rings. The second-order valence-corrected chi connectivity index (χ2v) is 14.2. The van der Waals surface area contributed by atoms with Gasteiger partial charge in [-0.1, -0.05) is 46.8 Å². The average molecular weight is 441 g/mol. The maximum Gasteiger partial charge on any atom is 0.138 e. The number of aliphatic hydroxyl groups excluding tert-OH is 1. The summed E-state index contributed by atoms with van der Waals surface area (Å²) in [7, 11) is 0. The molecule has 2 nitrogen and oxygen atoms in total. The highest BCUT2D eigenvalue weighted by atomic mass is 16.3. The molecule has 0 bridgehead atoms. The lowest BCUT2D eigenvalue weighted by Crippen LogP contribution is -2.57. The maximum absolute atomic E-state index is 12.8. The third kappa shape index (κ3) is 2.65. The van der Waals surface area contributed by atoms with Crippen LogP contribution in [0.15, 0.2) is 12.2 Å². The number of fused-ring (bicyclic) bond motifs is 2. The van der Waals surface area contributed by atoms with E-state index in [4.69, 9.17) is 0 Å². The van der Waals surface area contributed by atoms with E-state index >= 15 is 0 Å². The number of aliphatic hydroxyl groups is 1. The number of ketones is 1. The molecule has 5 aliphatic rings. The minimum atomic E-state index is -0.341. The number of carbonyl (C=O) groups excluding carboxylic acids is 1. The molecule has 1 unspecified atom stereocenters. The van der Waals surface area contributed by atoms with Gasteiger partial charge in [0.1, 0.15) is 5.78 Å². The van der Waals surface area contributed by atoms with Crippen molar-refractivity contribution in [3.05, 3.63) is 12.2 Å². The summed E-state index contributed by atoms with van der Waals surface area (Å²) in [4.78, 5) is 12.8. The van der Waals surface area contributed by atoms with E-state index < -0.39 is 0 Å². The first-order chi connectivity index (χ1) is 14.9. The molecule has 1 N–H and O–H groups in total. The van der Waals surface area contributed by atoms with Gasteiger partial charge in [-0.3, -0.25) is 4.79 Å². The molecular formula is C30H48O2. The van der Waals surface area contributed by atoms with E-state index in [0.29, 0.717) is 39.3 Å². The van der Waals surface area contributed by atoms with Crippen LogP contribution in [0.5, 0.6) is 0 Å². The van der Waals surface area contributed by atoms with Gasteiger partial charge in [-0.25, -0.2) is 0 Å². The molecule has 0 saturated heterocycles. The molecule has 0 aromatic carbocycles. The van der Waals surface area contributed by atoms with Crippen LogP contribution < -0.4 is 0 Å². The molecular weight excluding hydrogens is 392 g/mol. The third-order valence-corrected chi connectivity index (χ3v) is 13.1. The van der Waals surface area contributed by atoms with Gasteiger partial charge in [-0.2, -0.15) is 0 Å². The molecule has 2 spiro atoms. The Morgan fingerprint density at radius 3 is 2.31 bits per heavy atom. The Kier molecular flexibility index (Phi) is 5.03. The third-order valence-electron chi connectivity index (χ3n) is 13.1. The van der Waals surface area contributed by atoms with Crippen molar-refractivity contribution in [2.45, 2.75) is 118 Å². The molecule has 0 radical (unpaired) electrons. The Hall–Kier alpha value is -0.630. The number of Topliss-reactive ketones (excluding diaryl/α,β-unsaturated/α-hetero) is 1. The van der Waals surface area contributed by atoms with Crippen LogP contribution >= 0.6 is 0 Å². The van der Waals surface area contributed by atoms with Crippen molar-refractivity contribution in [3.8, 4) is 0 Å². The van der Waals surface area contributed by atoms with E-state index in [0.717, 1.165) is 36.7 Å². The molecule has 9 atom stereocenters. The van der Waals surface area contributed by atoms with E-state index in [2.05, 4.69) is 41.2 Å². The van der Waals surface area contributed by atoms with Crippen molar-refractivity contribution in [2.24, 2.45) is 50.7 Å². The highest BCUT2D eigenvalue weighted by Crippen LogP contribution is 2.88. The molecule has 32 heavy (non-hydrogen) atoms. The highest BCUT2D eigenvalue weighted by Gasteiger charge is 2.82. The van der Waals surface area contributed by atoms with Crippen molar-refractivity contribution in [3.63, 3.8) is 0 Å². The number of carbonyl (C=O) groups is 1. The van der Waals surface area contributed by atoms with Gasteiger partial charge in [0.25, 0.3) is 0 Å². The second-order valence-electron chi connectivity index (χ2n) is 14.2. The second kappa shape index (κ2) is 6.96. The van der Waals surface area contributed by atoms with Gasteiger partial charge in [-0.15, -0.1) is 0 Å². The normalized spacial score (nSPS) is 50.5. The minimum Gasteiger partial charge on any atom is -0.389 e. The van der Waals surface area contributed by atoms with Crippen molar-refractivity contribution < 1.29 is 9.90 Å². The lowest BCUT2D eigenvalue weighted by atomic mass is 9.42. The van der Waals surface area contributed by atoms with Crippen molar-refractivity contribution >= 4 is 5.78 Å². The summed E-state index contributed by atoms with van der Waals surface area (Å²) in [6.07, 6.45) is 13.2. The molecule has 2 heteroatoms. The quantitative estimate of drug-likeness (QED) is 0.454. The van der Waals surface area contributed by atoms with Gasteiger partial charge < -0.3 is 5.11 Å². The summed E-state index contributed by atoms with van der Waals surface area (Å²) >= 11 is 0.